The molecule has 0 unspecified atom stereocenters. The molecular formula is C11H16N2O2. The molecule has 1 aromatic rings. The summed E-state index contributed by atoms with van der Waals surface area (Å²) in [7, 11) is 3.41. The van der Waals surface area contributed by atoms with Crippen molar-refractivity contribution in [3.8, 4) is 0 Å². The lowest BCUT2D eigenvalue weighted by Gasteiger charge is -2.12. The largest absolute Gasteiger partial charge is 0.394 e. The fraction of sp³-hybridized carbons (Fsp3) is 0.364. The lowest BCUT2D eigenvalue weighted by Crippen LogP contribution is -2.21. The van der Waals surface area contributed by atoms with E-state index in [1.165, 1.54) is 4.90 Å². The number of carbonyl (C=O) groups is 1. The van der Waals surface area contributed by atoms with E-state index in [-0.39, 0.29) is 18.6 Å². The number of hydrogen-bond donors (Lipinski definition) is 2. The summed E-state index contributed by atoms with van der Waals surface area (Å²) < 4.78 is 0. The van der Waals surface area contributed by atoms with E-state index in [1.54, 1.807) is 38.4 Å². The molecule has 4 heteroatoms. The van der Waals surface area contributed by atoms with E-state index in [2.05, 4.69) is 0 Å². The molecule has 0 aliphatic heterocycles. The van der Waals surface area contributed by atoms with Gasteiger partial charge in [-0.3, -0.25) is 4.79 Å². The highest BCUT2D eigenvalue weighted by Crippen LogP contribution is 2.11. The molecule has 0 radical (unpaired) electrons. The summed E-state index contributed by atoms with van der Waals surface area (Å²) in [6.07, 6.45) is 0. The molecule has 0 aliphatic rings. The average molecular weight is 208 g/mol. The lowest BCUT2D eigenvalue weighted by atomic mass is 10.1. The maximum Gasteiger partial charge on any atom is 0.253 e. The zero-order chi connectivity index (χ0) is 11.4. The van der Waals surface area contributed by atoms with Gasteiger partial charge in [-0.1, -0.05) is 12.1 Å². The fourth-order valence-corrected chi connectivity index (χ4v) is 1.24. The molecule has 82 valence electrons. The van der Waals surface area contributed by atoms with Gasteiger partial charge in [-0.2, -0.15) is 0 Å². The highest BCUT2D eigenvalue weighted by molar-refractivity contribution is 5.93. The number of rotatable bonds is 3. The van der Waals surface area contributed by atoms with Gasteiger partial charge in [0.25, 0.3) is 5.91 Å². The predicted octanol–water partition coefficient (Wildman–Crippen LogP) is 0.381. The third-order valence-corrected chi connectivity index (χ3v) is 2.19. The van der Waals surface area contributed by atoms with E-state index in [0.29, 0.717) is 5.56 Å². The molecule has 0 heterocycles. The number of nitrogens with zero attached hydrogens (tertiary/aromatic N) is 1. The fourth-order valence-electron chi connectivity index (χ4n) is 1.24. The van der Waals surface area contributed by atoms with Gasteiger partial charge < -0.3 is 15.7 Å². The molecule has 1 rings (SSSR count). The van der Waals surface area contributed by atoms with Crippen LogP contribution in [0.5, 0.6) is 0 Å². The van der Waals surface area contributed by atoms with Crippen LogP contribution in [0, 0.1) is 0 Å². The van der Waals surface area contributed by atoms with Crippen LogP contribution in [-0.4, -0.2) is 36.6 Å². The van der Waals surface area contributed by atoms with Crippen molar-refractivity contribution in [3.63, 3.8) is 0 Å². The Balaban J connectivity index is 2.85. The minimum Gasteiger partial charge on any atom is -0.394 e. The number of aliphatic hydroxyl groups excluding tert-OH is 1. The molecule has 15 heavy (non-hydrogen) atoms. The first-order valence-electron chi connectivity index (χ1n) is 4.74. The number of nitrogens with two attached hydrogens (primary N) is 1. The summed E-state index contributed by atoms with van der Waals surface area (Å²) in [5.41, 5.74) is 7.08. The average Bonchev–Trinajstić information content (AvgIpc) is 2.27. The molecule has 1 amide bonds. The topological polar surface area (TPSA) is 66.6 Å². The van der Waals surface area contributed by atoms with Crippen LogP contribution in [0.1, 0.15) is 22.0 Å². The molecule has 0 aliphatic carbocycles. The maximum absolute atomic E-state index is 11.5. The number of hydrogen-bond acceptors (Lipinski definition) is 3. The zero-order valence-corrected chi connectivity index (χ0v) is 8.97. The third kappa shape index (κ3) is 2.78. The quantitative estimate of drug-likeness (QED) is 0.754. The van der Waals surface area contributed by atoms with Gasteiger partial charge in [0.1, 0.15) is 0 Å². The van der Waals surface area contributed by atoms with Crippen LogP contribution in [0.15, 0.2) is 24.3 Å². The second-order valence-corrected chi connectivity index (χ2v) is 3.61. The molecular weight excluding hydrogens is 192 g/mol. The SMILES string of the molecule is CN(C)C(=O)c1ccc([C@@H](N)CO)cc1. The van der Waals surface area contributed by atoms with Gasteiger partial charge in [0.05, 0.1) is 12.6 Å². The highest BCUT2D eigenvalue weighted by atomic mass is 16.3. The summed E-state index contributed by atoms with van der Waals surface area (Å²) in [5.74, 6) is -0.0425. The second-order valence-electron chi connectivity index (χ2n) is 3.61. The minimum atomic E-state index is -0.381. The van der Waals surface area contributed by atoms with Gasteiger partial charge in [0.15, 0.2) is 0 Å². The molecule has 0 saturated heterocycles. The Morgan fingerprint density at radius 3 is 2.33 bits per heavy atom. The molecule has 0 saturated carbocycles. The van der Waals surface area contributed by atoms with Crippen molar-refractivity contribution in [3.05, 3.63) is 35.4 Å². The molecule has 3 N–H and O–H groups in total. The third-order valence-electron chi connectivity index (χ3n) is 2.19. The molecule has 1 atom stereocenters. The zero-order valence-electron chi connectivity index (χ0n) is 8.97. The number of amides is 1. The standard InChI is InChI=1S/C11H16N2O2/c1-13(2)11(15)9-5-3-8(4-6-9)10(12)7-14/h3-6,10,14H,7,12H2,1-2H3/t10-/m0/s1. The normalized spacial score (nSPS) is 12.3. The van der Waals surface area contributed by atoms with Crippen molar-refractivity contribution >= 4 is 5.91 Å². The number of benzene rings is 1. The molecule has 0 bridgehead atoms. The van der Waals surface area contributed by atoms with E-state index >= 15 is 0 Å². The van der Waals surface area contributed by atoms with E-state index in [9.17, 15) is 4.79 Å². The predicted molar refractivity (Wildman–Crippen MR) is 58.5 cm³/mol. The van der Waals surface area contributed by atoms with Gasteiger partial charge in [0, 0.05) is 19.7 Å². The van der Waals surface area contributed by atoms with E-state index < -0.39 is 0 Å². The van der Waals surface area contributed by atoms with E-state index in [4.69, 9.17) is 10.8 Å². The van der Waals surface area contributed by atoms with Crippen LogP contribution in [0.25, 0.3) is 0 Å². The lowest BCUT2D eigenvalue weighted by molar-refractivity contribution is 0.0827. The number of aliphatic hydroxyl groups is 1. The summed E-state index contributed by atoms with van der Waals surface area (Å²) in [5, 5.41) is 8.85. The Labute approximate surface area is 89.3 Å². The Morgan fingerprint density at radius 1 is 1.40 bits per heavy atom. The van der Waals surface area contributed by atoms with Crippen LogP contribution >= 0.6 is 0 Å². The van der Waals surface area contributed by atoms with Crippen LogP contribution in [0.4, 0.5) is 0 Å². The Hall–Kier alpha value is -1.39. The van der Waals surface area contributed by atoms with Crippen LogP contribution in [0.3, 0.4) is 0 Å². The van der Waals surface area contributed by atoms with Gasteiger partial charge in [-0.05, 0) is 17.7 Å². The first-order chi connectivity index (χ1) is 7.06. The van der Waals surface area contributed by atoms with Crippen molar-refractivity contribution in [2.24, 2.45) is 5.73 Å². The Morgan fingerprint density at radius 2 is 1.93 bits per heavy atom. The summed E-state index contributed by atoms with van der Waals surface area (Å²) in [6, 6.07) is 6.57. The summed E-state index contributed by atoms with van der Waals surface area (Å²) in [4.78, 5) is 13.1. The molecule has 0 fully saturated rings. The van der Waals surface area contributed by atoms with Gasteiger partial charge in [-0.15, -0.1) is 0 Å². The second kappa shape index (κ2) is 4.91. The van der Waals surface area contributed by atoms with Crippen molar-refractivity contribution in [2.45, 2.75) is 6.04 Å². The van der Waals surface area contributed by atoms with Crippen LogP contribution in [-0.2, 0) is 0 Å². The highest BCUT2D eigenvalue weighted by Gasteiger charge is 2.09. The first-order valence-corrected chi connectivity index (χ1v) is 4.74. The molecule has 4 nitrogen and oxygen atoms in total. The van der Waals surface area contributed by atoms with Crippen molar-refractivity contribution in [1.82, 2.24) is 4.90 Å². The number of carbonyl (C=O) groups excluding carboxylic acids is 1. The minimum absolute atomic E-state index is 0.0425. The van der Waals surface area contributed by atoms with Gasteiger partial charge >= 0.3 is 0 Å². The summed E-state index contributed by atoms with van der Waals surface area (Å²) >= 11 is 0. The summed E-state index contributed by atoms with van der Waals surface area (Å²) in [6.45, 7) is -0.0963. The van der Waals surface area contributed by atoms with E-state index in [0.717, 1.165) is 5.56 Å². The molecule has 0 spiro atoms. The Bertz CT molecular complexity index is 333. The van der Waals surface area contributed by atoms with Crippen molar-refractivity contribution in [2.75, 3.05) is 20.7 Å². The van der Waals surface area contributed by atoms with E-state index in [1.807, 2.05) is 0 Å². The van der Waals surface area contributed by atoms with Crippen molar-refractivity contribution in [1.29, 1.82) is 0 Å². The van der Waals surface area contributed by atoms with Crippen molar-refractivity contribution < 1.29 is 9.90 Å². The smallest absolute Gasteiger partial charge is 0.253 e. The first kappa shape index (κ1) is 11.7. The molecule has 0 aromatic heterocycles. The van der Waals surface area contributed by atoms with Crippen LogP contribution in [0.2, 0.25) is 0 Å². The van der Waals surface area contributed by atoms with Crippen LogP contribution < -0.4 is 5.73 Å². The van der Waals surface area contributed by atoms with Gasteiger partial charge in [-0.25, -0.2) is 0 Å². The monoisotopic (exact) mass is 208 g/mol. The molecule has 1 aromatic carbocycles. The van der Waals surface area contributed by atoms with Gasteiger partial charge in [0.2, 0.25) is 0 Å². The Kier molecular flexibility index (Phi) is 3.82. The maximum atomic E-state index is 11.5.